The summed E-state index contributed by atoms with van der Waals surface area (Å²) in [6, 6.07) is 14.2. The standard InChI is InChI=1S/C14H16N2O/c1-16(2)14(17)15-10-12-8-5-7-11-6-3-4-9-13(11)12/h3-9H,10H2,1-2H3,(H,15,17). The van der Waals surface area contributed by atoms with E-state index in [1.54, 1.807) is 14.1 Å². The van der Waals surface area contributed by atoms with Gasteiger partial charge in [0.1, 0.15) is 0 Å². The number of carbonyl (C=O) groups is 1. The summed E-state index contributed by atoms with van der Waals surface area (Å²) in [5.74, 6) is 0. The van der Waals surface area contributed by atoms with E-state index in [1.807, 2.05) is 24.3 Å². The van der Waals surface area contributed by atoms with Crippen LogP contribution in [0.2, 0.25) is 0 Å². The van der Waals surface area contributed by atoms with Gasteiger partial charge in [-0.3, -0.25) is 0 Å². The first-order chi connectivity index (χ1) is 8.18. The largest absolute Gasteiger partial charge is 0.334 e. The molecular weight excluding hydrogens is 212 g/mol. The van der Waals surface area contributed by atoms with Crippen LogP contribution in [0.25, 0.3) is 10.8 Å². The average Bonchev–Trinajstić information content (AvgIpc) is 2.35. The minimum absolute atomic E-state index is 0.0714. The van der Waals surface area contributed by atoms with Crippen molar-refractivity contribution < 1.29 is 4.79 Å². The quantitative estimate of drug-likeness (QED) is 0.842. The van der Waals surface area contributed by atoms with E-state index in [0.29, 0.717) is 6.54 Å². The number of amides is 2. The molecule has 0 saturated heterocycles. The van der Waals surface area contributed by atoms with Gasteiger partial charge in [-0.05, 0) is 16.3 Å². The fourth-order valence-electron chi connectivity index (χ4n) is 1.78. The van der Waals surface area contributed by atoms with E-state index in [0.717, 1.165) is 5.56 Å². The van der Waals surface area contributed by atoms with Crippen molar-refractivity contribution in [2.45, 2.75) is 6.54 Å². The van der Waals surface area contributed by atoms with Gasteiger partial charge in [0.05, 0.1) is 0 Å². The summed E-state index contributed by atoms with van der Waals surface area (Å²) in [4.78, 5) is 13.0. The predicted octanol–water partition coefficient (Wildman–Crippen LogP) is 2.61. The maximum Gasteiger partial charge on any atom is 0.317 e. The number of urea groups is 1. The van der Waals surface area contributed by atoms with Crippen molar-refractivity contribution in [1.82, 2.24) is 10.2 Å². The third-order valence-electron chi connectivity index (χ3n) is 2.72. The molecular formula is C14H16N2O. The highest BCUT2D eigenvalue weighted by atomic mass is 16.2. The van der Waals surface area contributed by atoms with Crippen LogP contribution in [0.4, 0.5) is 4.79 Å². The minimum Gasteiger partial charge on any atom is -0.334 e. The van der Waals surface area contributed by atoms with E-state index >= 15 is 0 Å². The summed E-state index contributed by atoms with van der Waals surface area (Å²) in [6.45, 7) is 0.554. The summed E-state index contributed by atoms with van der Waals surface area (Å²) in [5.41, 5.74) is 1.14. The molecule has 0 bridgehead atoms. The molecule has 17 heavy (non-hydrogen) atoms. The second-order valence-electron chi connectivity index (χ2n) is 4.19. The van der Waals surface area contributed by atoms with Gasteiger partial charge in [0.2, 0.25) is 0 Å². The monoisotopic (exact) mass is 228 g/mol. The second kappa shape index (κ2) is 4.87. The number of rotatable bonds is 2. The van der Waals surface area contributed by atoms with Gasteiger partial charge in [-0.2, -0.15) is 0 Å². The number of nitrogens with one attached hydrogen (secondary N) is 1. The topological polar surface area (TPSA) is 32.3 Å². The average molecular weight is 228 g/mol. The molecule has 0 radical (unpaired) electrons. The molecule has 2 amide bonds. The fourth-order valence-corrected chi connectivity index (χ4v) is 1.78. The van der Waals surface area contributed by atoms with Crippen LogP contribution in [-0.4, -0.2) is 25.0 Å². The second-order valence-corrected chi connectivity index (χ2v) is 4.19. The number of carbonyl (C=O) groups excluding carboxylic acids is 1. The summed E-state index contributed by atoms with van der Waals surface area (Å²) in [6.07, 6.45) is 0. The molecule has 3 heteroatoms. The molecule has 0 aliphatic heterocycles. The Bertz CT molecular complexity index is 529. The lowest BCUT2D eigenvalue weighted by molar-refractivity contribution is 0.217. The summed E-state index contributed by atoms with van der Waals surface area (Å²) in [5, 5.41) is 5.26. The highest BCUT2D eigenvalue weighted by Gasteiger charge is 2.04. The maximum absolute atomic E-state index is 11.5. The van der Waals surface area contributed by atoms with Gasteiger partial charge < -0.3 is 10.2 Å². The van der Waals surface area contributed by atoms with Crippen molar-refractivity contribution in [2.24, 2.45) is 0 Å². The van der Waals surface area contributed by atoms with Gasteiger partial charge in [-0.15, -0.1) is 0 Å². The van der Waals surface area contributed by atoms with Crippen LogP contribution in [-0.2, 0) is 6.54 Å². The molecule has 0 saturated carbocycles. The molecule has 2 aromatic carbocycles. The molecule has 0 aromatic heterocycles. The molecule has 0 atom stereocenters. The highest BCUT2D eigenvalue weighted by molar-refractivity contribution is 5.86. The molecule has 0 spiro atoms. The number of hydrogen-bond donors (Lipinski definition) is 1. The van der Waals surface area contributed by atoms with Crippen molar-refractivity contribution in [3.05, 3.63) is 48.0 Å². The van der Waals surface area contributed by atoms with Gasteiger partial charge in [-0.25, -0.2) is 4.79 Å². The molecule has 88 valence electrons. The summed E-state index contributed by atoms with van der Waals surface area (Å²) >= 11 is 0. The Hall–Kier alpha value is -2.03. The lowest BCUT2D eigenvalue weighted by Gasteiger charge is -2.13. The lowest BCUT2D eigenvalue weighted by atomic mass is 10.0. The fraction of sp³-hybridized carbons (Fsp3) is 0.214. The van der Waals surface area contributed by atoms with Gasteiger partial charge >= 0.3 is 6.03 Å². The molecule has 0 aliphatic carbocycles. The van der Waals surface area contributed by atoms with Crippen LogP contribution >= 0.6 is 0 Å². The molecule has 0 heterocycles. The van der Waals surface area contributed by atoms with Gasteiger partial charge in [0.25, 0.3) is 0 Å². The number of fused-ring (bicyclic) bond motifs is 1. The Kier molecular flexibility index (Phi) is 3.28. The Morgan fingerprint density at radius 1 is 1.12 bits per heavy atom. The summed E-state index contributed by atoms with van der Waals surface area (Å²) < 4.78 is 0. The van der Waals surface area contributed by atoms with Crippen molar-refractivity contribution in [1.29, 1.82) is 0 Å². The van der Waals surface area contributed by atoms with Gasteiger partial charge in [0.15, 0.2) is 0 Å². The molecule has 0 fully saturated rings. The number of nitrogens with zero attached hydrogens (tertiary/aromatic N) is 1. The Morgan fingerprint density at radius 2 is 1.82 bits per heavy atom. The molecule has 0 aliphatic rings. The third-order valence-corrected chi connectivity index (χ3v) is 2.72. The first-order valence-corrected chi connectivity index (χ1v) is 5.60. The van der Waals surface area contributed by atoms with Crippen molar-refractivity contribution in [2.75, 3.05) is 14.1 Å². The van der Waals surface area contributed by atoms with Crippen LogP contribution in [0.5, 0.6) is 0 Å². The van der Waals surface area contributed by atoms with E-state index in [2.05, 4.69) is 23.5 Å². The minimum atomic E-state index is -0.0714. The zero-order valence-corrected chi connectivity index (χ0v) is 10.1. The van der Waals surface area contributed by atoms with E-state index < -0.39 is 0 Å². The normalized spacial score (nSPS) is 10.2. The van der Waals surface area contributed by atoms with Crippen molar-refractivity contribution in [3.63, 3.8) is 0 Å². The Labute approximate surface area is 101 Å². The van der Waals surface area contributed by atoms with E-state index in [-0.39, 0.29) is 6.03 Å². The van der Waals surface area contributed by atoms with Gasteiger partial charge in [0, 0.05) is 20.6 Å². The summed E-state index contributed by atoms with van der Waals surface area (Å²) in [7, 11) is 3.47. The number of benzene rings is 2. The zero-order valence-electron chi connectivity index (χ0n) is 10.1. The van der Waals surface area contributed by atoms with Crippen LogP contribution in [0, 0.1) is 0 Å². The Morgan fingerprint density at radius 3 is 2.59 bits per heavy atom. The highest BCUT2D eigenvalue weighted by Crippen LogP contribution is 2.18. The third kappa shape index (κ3) is 2.56. The zero-order chi connectivity index (χ0) is 12.3. The SMILES string of the molecule is CN(C)C(=O)NCc1cccc2ccccc12. The maximum atomic E-state index is 11.5. The molecule has 2 aromatic rings. The van der Waals surface area contributed by atoms with Crippen molar-refractivity contribution >= 4 is 16.8 Å². The van der Waals surface area contributed by atoms with Crippen LogP contribution in [0.3, 0.4) is 0 Å². The smallest absolute Gasteiger partial charge is 0.317 e. The first kappa shape index (κ1) is 11.5. The lowest BCUT2D eigenvalue weighted by Crippen LogP contribution is -2.33. The van der Waals surface area contributed by atoms with E-state index in [4.69, 9.17) is 0 Å². The van der Waals surface area contributed by atoms with E-state index in [1.165, 1.54) is 15.7 Å². The van der Waals surface area contributed by atoms with Crippen LogP contribution in [0.15, 0.2) is 42.5 Å². The van der Waals surface area contributed by atoms with Crippen molar-refractivity contribution in [3.8, 4) is 0 Å². The van der Waals surface area contributed by atoms with Gasteiger partial charge in [-0.1, -0.05) is 42.5 Å². The van der Waals surface area contributed by atoms with Crippen LogP contribution < -0.4 is 5.32 Å². The Balaban J connectivity index is 2.21. The molecule has 3 nitrogen and oxygen atoms in total. The van der Waals surface area contributed by atoms with E-state index in [9.17, 15) is 4.79 Å². The molecule has 0 unspecified atom stereocenters. The molecule has 1 N–H and O–H groups in total. The predicted molar refractivity (Wildman–Crippen MR) is 69.9 cm³/mol. The van der Waals surface area contributed by atoms with Crippen LogP contribution in [0.1, 0.15) is 5.56 Å². The number of hydrogen-bond acceptors (Lipinski definition) is 1. The molecule has 2 rings (SSSR count). The first-order valence-electron chi connectivity index (χ1n) is 5.60.